The Kier molecular flexibility index (Phi) is 4.33. The van der Waals surface area contributed by atoms with E-state index in [4.69, 9.17) is 4.74 Å². The van der Waals surface area contributed by atoms with Crippen LogP contribution in [0.25, 0.3) is 10.9 Å². The van der Waals surface area contributed by atoms with Crippen molar-refractivity contribution >= 4 is 23.0 Å². The number of carboxylic acids is 1. The maximum Gasteiger partial charge on any atom is 0.408 e. The van der Waals surface area contributed by atoms with E-state index in [0.717, 1.165) is 54.1 Å². The van der Waals surface area contributed by atoms with Gasteiger partial charge in [-0.25, -0.2) is 9.59 Å². The number of aromatic amines is 1. The Morgan fingerprint density at radius 3 is 2.41 bits per heavy atom. The van der Waals surface area contributed by atoms with Crippen molar-refractivity contribution in [3.63, 3.8) is 0 Å². The summed E-state index contributed by atoms with van der Waals surface area (Å²) in [4.78, 5) is 28.0. The van der Waals surface area contributed by atoms with Crippen LogP contribution in [0.5, 0.6) is 0 Å². The Balaban J connectivity index is 1.28. The van der Waals surface area contributed by atoms with Gasteiger partial charge < -0.3 is 20.1 Å². The molecule has 0 aliphatic heterocycles. The summed E-state index contributed by atoms with van der Waals surface area (Å²) in [6.45, 7) is 1.54. The van der Waals surface area contributed by atoms with Gasteiger partial charge in [0.15, 0.2) is 0 Å². The zero-order chi connectivity index (χ0) is 20.2. The van der Waals surface area contributed by atoms with Gasteiger partial charge in [-0.3, -0.25) is 0 Å². The summed E-state index contributed by atoms with van der Waals surface area (Å²) >= 11 is 0. The molecule has 0 radical (unpaired) electrons. The first kappa shape index (κ1) is 18.5. The molecular formula is C23H28N2O4. The molecule has 1 amide bonds. The summed E-state index contributed by atoms with van der Waals surface area (Å²) in [6.07, 6.45) is 5.43. The van der Waals surface area contributed by atoms with Gasteiger partial charge in [-0.2, -0.15) is 0 Å². The van der Waals surface area contributed by atoms with Crippen LogP contribution in [0.1, 0.15) is 44.7 Å². The lowest BCUT2D eigenvalue weighted by Crippen LogP contribution is -2.56. The van der Waals surface area contributed by atoms with Crippen LogP contribution < -0.4 is 5.32 Å². The number of carbonyl (C=O) groups is 2. The van der Waals surface area contributed by atoms with Crippen LogP contribution in [-0.4, -0.2) is 33.8 Å². The van der Waals surface area contributed by atoms with Crippen molar-refractivity contribution in [2.75, 3.05) is 0 Å². The van der Waals surface area contributed by atoms with Gasteiger partial charge in [0.2, 0.25) is 0 Å². The second-order valence-corrected chi connectivity index (χ2v) is 9.62. The molecule has 0 spiro atoms. The van der Waals surface area contributed by atoms with Gasteiger partial charge in [-0.1, -0.05) is 18.2 Å². The van der Waals surface area contributed by atoms with Crippen LogP contribution in [0.2, 0.25) is 0 Å². The van der Waals surface area contributed by atoms with Gasteiger partial charge in [-0.15, -0.1) is 0 Å². The number of H-pyrrole nitrogens is 1. The number of amides is 1. The van der Waals surface area contributed by atoms with E-state index in [1.807, 2.05) is 30.3 Å². The van der Waals surface area contributed by atoms with Gasteiger partial charge in [0.05, 0.1) is 0 Å². The molecule has 1 unspecified atom stereocenters. The number of ether oxygens (including phenoxy) is 1. The average Bonchev–Trinajstić information content (AvgIpc) is 3.05. The molecule has 0 saturated heterocycles. The topological polar surface area (TPSA) is 91.4 Å². The van der Waals surface area contributed by atoms with Crippen LogP contribution in [0.15, 0.2) is 30.3 Å². The molecule has 1 aromatic heterocycles. The minimum absolute atomic E-state index is 0.0612. The van der Waals surface area contributed by atoms with Gasteiger partial charge in [0, 0.05) is 17.6 Å². The number of hydrogen-bond donors (Lipinski definition) is 3. The number of fused-ring (bicyclic) bond motifs is 1. The van der Waals surface area contributed by atoms with E-state index in [1.165, 1.54) is 6.42 Å². The van der Waals surface area contributed by atoms with Crippen LogP contribution in [0.4, 0.5) is 4.79 Å². The lowest BCUT2D eigenvalue weighted by atomic mass is 9.55. The summed E-state index contributed by atoms with van der Waals surface area (Å²) < 4.78 is 5.85. The summed E-state index contributed by atoms with van der Waals surface area (Å²) in [7, 11) is 0. The molecule has 4 aliphatic carbocycles. The van der Waals surface area contributed by atoms with E-state index >= 15 is 0 Å². The number of alkyl carbamates (subject to hydrolysis) is 1. The first-order valence-electron chi connectivity index (χ1n) is 10.7. The summed E-state index contributed by atoms with van der Waals surface area (Å²) in [5, 5.41) is 13.5. The Morgan fingerprint density at radius 2 is 1.79 bits per heavy atom. The zero-order valence-electron chi connectivity index (χ0n) is 16.7. The standard InChI is InChI=1S/C23H28N2O4/c1-23(21(26)27,12-18-11-15-4-2-3-5-19(15)24-18)25-22(28)29-20-16-7-13-6-14(9-16)10-17(20)8-13/h2-5,11,13-14,16-17,20,24H,6-10,12H2,1H3,(H,25,28)(H,26,27). The number of carbonyl (C=O) groups excluding carboxylic acids is 1. The van der Waals surface area contributed by atoms with Crippen molar-refractivity contribution in [2.24, 2.45) is 23.7 Å². The number of aromatic nitrogens is 1. The van der Waals surface area contributed by atoms with Crippen molar-refractivity contribution in [2.45, 2.75) is 57.1 Å². The third-order valence-electron chi connectivity index (χ3n) is 7.36. The normalized spacial score (nSPS) is 32.1. The number of carboxylic acid groups (broad SMARTS) is 1. The largest absolute Gasteiger partial charge is 0.480 e. The number of benzene rings is 1. The van der Waals surface area contributed by atoms with Crippen LogP contribution >= 0.6 is 0 Å². The monoisotopic (exact) mass is 396 g/mol. The van der Waals surface area contributed by atoms with Crippen molar-refractivity contribution in [1.82, 2.24) is 10.3 Å². The highest BCUT2D eigenvalue weighted by Crippen LogP contribution is 2.54. The fraction of sp³-hybridized carbons (Fsp3) is 0.565. The average molecular weight is 396 g/mol. The fourth-order valence-electron chi connectivity index (χ4n) is 6.23. The molecule has 6 nitrogen and oxygen atoms in total. The van der Waals surface area contributed by atoms with Crippen molar-refractivity contribution < 1.29 is 19.4 Å². The number of hydrogen-bond acceptors (Lipinski definition) is 3. The van der Waals surface area contributed by atoms with E-state index in [-0.39, 0.29) is 12.5 Å². The Labute approximate surface area is 170 Å². The predicted octanol–water partition coefficient (Wildman–Crippen LogP) is 4.10. The van der Waals surface area contributed by atoms with E-state index in [9.17, 15) is 14.7 Å². The molecule has 1 aromatic carbocycles. The van der Waals surface area contributed by atoms with Gasteiger partial charge in [0.1, 0.15) is 11.6 Å². The lowest BCUT2D eigenvalue weighted by molar-refractivity contribution is -0.144. The zero-order valence-corrected chi connectivity index (χ0v) is 16.7. The molecule has 6 rings (SSSR count). The van der Waals surface area contributed by atoms with Gasteiger partial charge in [0.25, 0.3) is 0 Å². The summed E-state index contributed by atoms with van der Waals surface area (Å²) in [5.41, 5.74) is 0.279. The Bertz CT molecular complexity index is 890. The lowest BCUT2D eigenvalue weighted by Gasteiger charge is -2.53. The first-order chi connectivity index (χ1) is 13.9. The molecule has 2 aromatic rings. The second kappa shape index (κ2) is 6.78. The van der Waals surface area contributed by atoms with Crippen molar-refractivity contribution in [3.8, 4) is 0 Å². The Hall–Kier alpha value is -2.50. The van der Waals surface area contributed by atoms with Gasteiger partial charge in [-0.05, 0) is 80.2 Å². The van der Waals surface area contributed by atoms with E-state index in [0.29, 0.717) is 11.8 Å². The van der Waals surface area contributed by atoms with E-state index in [1.54, 1.807) is 6.92 Å². The smallest absolute Gasteiger partial charge is 0.408 e. The molecule has 4 bridgehead atoms. The minimum atomic E-state index is -1.44. The molecule has 154 valence electrons. The maximum atomic E-state index is 12.7. The third-order valence-corrected chi connectivity index (χ3v) is 7.36. The maximum absolute atomic E-state index is 12.7. The molecule has 3 N–H and O–H groups in total. The quantitative estimate of drug-likeness (QED) is 0.709. The predicted molar refractivity (Wildman–Crippen MR) is 108 cm³/mol. The SMILES string of the molecule is CC(Cc1cc2ccccc2[nH]1)(NC(=O)OC1C2CC3CC(C2)CC1C3)C(=O)O. The number of nitrogens with one attached hydrogen (secondary N) is 2. The molecule has 4 fully saturated rings. The molecular weight excluding hydrogens is 368 g/mol. The Morgan fingerprint density at radius 1 is 1.14 bits per heavy atom. The van der Waals surface area contributed by atoms with Crippen molar-refractivity contribution in [3.05, 3.63) is 36.0 Å². The first-order valence-corrected chi connectivity index (χ1v) is 10.7. The number of para-hydroxylation sites is 1. The summed E-state index contributed by atoms with van der Waals surface area (Å²) in [5.74, 6) is 1.42. The van der Waals surface area contributed by atoms with E-state index < -0.39 is 17.6 Å². The van der Waals surface area contributed by atoms with Crippen molar-refractivity contribution in [1.29, 1.82) is 0 Å². The molecule has 4 saturated carbocycles. The fourth-order valence-corrected chi connectivity index (χ4v) is 6.23. The number of rotatable bonds is 5. The van der Waals surface area contributed by atoms with Gasteiger partial charge >= 0.3 is 12.1 Å². The molecule has 29 heavy (non-hydrogen) atoms. The highest BCUT2D eigenvalue weighted by molar-refractivity contribution is 5.85. The molecule has 4 aliphatic rings. The molecule has 1 atom stereocenters. The molecule has 1 heterocycles. The van der Waals surface area contributed by atoms with Crippen LogP contribution in [0.3, 0.4) is 0 Å². The molecule has 6 heteroatoms. The second-order valence-electron chi connectivity index (χ2n) is 9.62. The van der Waals surface area contributed by atoms with E-state index in [2.05, 4.69) is 10.3 Å². The van der Waals surface area contributed by atoms with Crippen LogP contribution in [-0.2, 0) is 16.0 Å². The highest BCUT2D eigenvalue weighted by atomic mass is 16.6. The third kappa shape index (κ3) is 3.38. The highest BCUT2D eigenvalue weighted by Gasteiger charge is 2.50. The minimum Gasteiger partial charge on any atom is -0.480 e. The number of aliphatic carboxylic acids is 1. The van der Waals surface area contributed by atoms with Crippen LogP contribution in [0, 0.1) is 23.7 Å². The summed E-state index contributed by atoms with van der Waals surface area (Å²) in [6, 6.07) is 9.73.